The Hall–Kier alpha value is -3.23. The molecule has 0 bridgehead atoms. The summed E-state index contributed by atoms with van der Waals surface area (Å²) in [5.41, 5.74) is 13.1. The Morgan fingerprint density at radius 1 is 1.00 bits per heavy atom. The van der Waals surface area contributed by atoms with E-state index in [0.29, 0.717) is 31.5 Å². The third kappa shape index (κ3) is 7.18. The number of unbranched alkanes of at least 4 members (excludes halogenated alkanes) is 1. The molecular weight excluding hydrogens is 408 g/mol. The third-order valence-corrected chi connectivity index (χ3v) is 5.22. The Bertz CT molecular complexity index is 876. The molecule has 0 aliphatic carbocycles. The van der Waals surface area contributed by atoms with Gasteiger partial charge in [0.1, 0.15) is 12.1 Å². The molecule has 8 nitrogen and oxygen atoms in total. The molecule has 2 amide bonds. The van der Waals surface area contributed by atoms with E-state index in [2.05, 4.69) is 5.32 Å². The van der Waals surface area contributed by atoms with E-state index in [0.717, 1.165) is 5.56 Å². The Morgan fingerprint density at radius 3 is 2.16 bits per heavy atom. The number of benzene rings is 2. The Kier molecular flexibility index (Phi) is 9.84. The summed E-state index contributed by atoms with van der Waals surface area (Å²) in [5, 5.41) is 12.0. The summed E-state index contributed by atoms with van der Waals surface area (Å²) in [5.74, 6) is -2.10. The summed E-state index contributed by atoms with van der Waals surface area (Å²) in [6.07, 6.45) is 1.82. The number of amides is 2. The van der Waals surface area contributed by atoms with E-state index >= 15 is 0 Å². The summed E-state index contributed by atoms with van der Waals surface area (Å²) in [7, 11) is 0. The highest BCUT2D eigenvalue weighted by molar-refractivity contribution is 6.03. The van der Waals surface area contributed by atoms with Crippen molar-refractivity contribution in [2.75, 3.05) is 11.4 Å². The number of anilines is 1. The molecule has 32 heavy (non-hydrogen) atoms. The van der Waals surface area contributed by atoms with E-state index in [1.807, 2.05) is 30.3 Å². The second-order valence-electron chi connectivity index (χ2n) is 7.70. The normalized spacial score (nSPS) is 13.6. The van der Waals surface area contributed by atoms with Gasteiger partial charge in [0.15, 0.2) is 0 Å². The van der Waals surface area contributed by atoms with Crippen molar-refractivity contribution in [3.63, 3.8) is 0 Å². The van der Waals surface area contributed by atoms with Crippen LogP contribution >= 0.6 is 0 Å². The molecule has 3 atom stereocenters. The molecule has 2 aromatic carbocycles. The van der Waals surface area contributed by atoms with Gasteiger partial charge < -0.3 is 21.9 Å². The number of carbonyl (C=O) groups excluding carboxylic acids is 2. The van der Waals surface area contributed by atoms with Gasteiger partial charge in [-0.1, -0.05) is 48.5 Å². The minimum atomic E-state index is -1.12. The fourth-order valence-electron chi connectivity index (χ4n) is 3.42. The van der Waals surface area contributed by atoms with Crippen LogP contribution in [0.2, 0.25) is 0 Å². The van der Waals surface area contributed by atoms with Crippen LogP contribution in [0.1, 0.15) is 31.7 Å². The number of aliphatic carboxylic acids is 1. The van der Waals surface area contributed by atoms with Gasteiger partial charge in [0.05, 0.1) is 6.04 Å². The number of nitrogens with two attached hydrogens (primary N) is 2. The second kappa shape index (κ2) is 12.6. The van der Waals surface area contributed by atoms with Crippen molar-refractivity contribution >= 4 is 23.5 Å². The highest BCUT2D eigenvalue weighted by Gasteiger charge is 2.32. The SMILES string of the molecule is CC(C(=O)N[C@H](CCCCN)C(=O)O)N(C(=O)C(N)Cc1ccccc1)c1ccccc1. The number of carboxylic acid groups (broad SMARTS) is 1. The average Bonchev–Trinajstić information content (AvgIpc) is 2.79. The second-order valence-corrected chi connectivity index (χ2v) is 7.70. The first-order chi connectivity index (χ1) is 15.3. The van der Waals surface area contributed by atoms with E-state index < -0.39 is 35.9 Å². The molecule has 0 spiro atoms. The highest BCUT2D eigenvalue weighted by atomic mass is 16.4. The van der Waals surface area contributed by atoms with Crippen LogP contribution < -0.4 is 21.7 Å². The largest absolute Gasteiger partial charge is 0.480 e. The van der Waals surface area contributed by atoms with Crippen LogP contribution in [0.3, 0.4) is 0 Å². The van der Waals surface area contributed by atoms with Crippen molar-refractivity contribution in [2.24, 2.45) is 11.5 Å². The van der Waals surface area contributed by atoms with Crippen LogP contribution in [-0.2, 0) is 20.8 Å². The van der Waals surface area contributed by atoms with E-state index in [9.17, 15) is 19.5 Å². The number of nitrogens with zero attached hydrogens (tertiary/aromatic N) is 1. The fraction of sp³-hybridized carbons (Fsp3) is 0.375. The number of hydrogen-bond acceptors (Lipinski definition) is 5. The molecule has 2 rings (SSSR count). The maximum absolute atomic E-state index is 13.3. The minimum Gasteiger partial charge on any atom is -0.480 e. The number of hydrogen-bond donors (Lipinski definition) is 4. The molecule has 0 heterocycles. The molecule has 8 heteroatoms. The maximum Gasteiger partial charge on any atom is 0.326 e. The lowest BCUT2D eigenvalue weighted by molar-refractivity contribution is -0.142. The molecular formula is C24H32N4O4. The summed E-state index contributed by atoms with van der Waals surface area (Å²) >= 11 is 0. The lowest BCUT2D eigenvalue weighted by Gasteiger charge is -2.31. The van der Waals surface area contributed by atoms with E-state index in [-0.39, 0.29) is 6.42 Å². The van der Waals surface area contributed by atoms with Crippen molar-refractivity contribution in [3.05, 3.63) is 66.2 Å². The van der Waals surface area contributed by atoms with Crippen LogP contribution in [0, 0.1) is 0 Å². The molecule has 0 radical (unpaired) electrons. The van der Waals surface area contributed by atoms with Gasteiger partial charge in [0.25, 0.3) is 0 Å². The van der Waals surface area contributed by atoms with Gasteiger partial charge in [-0.05, 0) is 56.8 Å². The first-order valence-corrected chi connectivity index (χ1v) is 10.8. The molecule has 0 aliphatic rings. The van der Waals surface area contributed by atoms with Crippen LogP contribution in [0.4, 0.5) is 5.69 Å². The first kappa shape index (κ1) is 25.0. The average molecular weight is 441 g/mol. The zero-order valence-corrected chi connectivity index (χ0v) is 18.3. The van der Waals surface area contributed by atoms with Crippen molar-refractivity contribution in [2.45, 2.75) is 50.7 Å². The van der Waals surface area contributed by atoms with E-state index in [1.165, 1.54) is 4.90 Å². The number of carboxylic acids is 1. The summed E-state index contributed by atoms with van der Waals surface area (Å²) in [6.45, 7) is 2.01. The van der Waals surface area contributed by atoms with Gasteiger partial charge in [0, 0.05) is 5.69 Å². The lowest BCUT2D eigenvalue weighted by atomic mass is 10.0. The highest BCUT2D eigenvalue weighted by Crippen LogP contribution is 2.19. The predicted molar refractivity (Wildman–Crippen MR) is 124 cm³/mol. The zero-order chi connectivity index (χ0) is 23.5. The third-order valence-electron chi connectivity index (χ3n) is 5.22. The van der Waals surface area contributed by atoms with E-state index in [1.54, 1.807) is 37.3 Å². The number of para-hydroxylation sites is 1. The van der Waals surface area contributed by atoms with Gasteiger partial charge in [-0.25, -0.2) is 4.79 Å². The summed E-state index contributed by atoms with van der Waals surface area (Å²) < 4.78 is 0. The van der Waals surface area contributed by atoms with Gasteiger partial charge >= 0.3 is 5.97 Å². The van der Waals surface area contributed by atoms with Crippen LogP contribution in [0.15, 0.2) is 60.7 Å². The van der Waals surface area contributed by atoms with Gasteiger partial charge in [-0.15, -0.1) is 0 Å². The molecule has 0 aliphatic heterocycles. The standard InChI is InChI=1S/C24H32N4O4/c1-17(22(29)27-21(24(31)32)14-8-9-15-25)28(19-12-6-3-7-13-19)23(30)20(26)16-18-10-4-2-5-11-18/h2-7,10-13,17,20-21H,8-9,14-16,25-26H2,1H3,(H,27,29)(H,31,32)/t17?,20?,21-/m1/s1. The monoisotopic (exact) mass is 440 g/mol. The molecule has 6 N–H and O–H groups in total. The zero-order valence-electron chi connectivity index (χ0n) is 18.3. The van der Waals surface area contributed by atoms with Crippen molar-refractivity contribution < 1.29 is 19.5 Å². The molecule has 0 saturated heterocycles. The molecule has 2 unspecified atom stereocenters. The van der Waals surface area contributed by atoms with Crippen molar-refractivity contribution in [1.82, 2.24) is 5.32 Å². The smallest absolute Gasteiger partial charge is 0.326 e. The number of rotatable bonds is 12. The molecule has 0 fully saturated rings. The van der Waals surface area contributed by atoms with Gasteiger partial charge in [-0.3, -0.25) is 14.5 Å². The Morgan fingerprint density at radius 2 is 1.59 bits per heavy atom. The summed E-state index contributed by atoms with van der Waals surface area (Å²) in [6, 6.07) is 15.3. The van der Waals surface area contributed by atoms with Crippen molar-refractivity contribution in [1.29, 1.82) is 0 Å². The van der Waals surface area contributed by atoms with Crippen LogP contribution in [0.5, 0.6) is 0 Å². The Balaban J connectivity index is 2.20. The lowest BCUT2D eigenvalue weighted by Crippen LogP contribution is -2.56. The number of nitrogens with one attached hydrogen (secondary N) is 1. The summed E-state index contributed by atoms with van der Waals surface area (Å²) in [4.78, 5) is 39.2. The van der Waals surface area contributed by atoms with Gasteiger partial charge in [-0.2, -0.15) is 0 Å². The topological polar surface area (TPSA) is 139 Å². The fourth-order valence-corrected chi connectivity index (χ4v) is 3.42. The molecule has 172 valence electrons. The predicted octanol–water partition coefficient (Wildman–Crippen LogP) is 1.68. The first-order valence-electron chi connectivity index (χ1n) is 10.8. The number of carbonyl (C=O) groups is 3. The maximum atomic E-state index is 13.3. The minimum absolute atomic E-state index is 0.262. The van der Waals surface area contributed by atoms with Crippen LogP contribution in [0.25, 0.3) is 0 Å². The molecule has 0 aromatic heterocycles. The van der Waals surface area contributed by atoms with Crippen molar-refractivity contribution in [3.8, 4) is 0 Å². The van der Waals surface area contributed by atoms with E-state index in [4.69, 9.17) is 11.5 Å². The molecule has 2 aromatic rings. The van der Waals surface area contributed by atoms with Gasteiger partial charge in [0.2, 0.25) is 11.8 Å². The van der Waals surface area contributed by atoms with Crippen LogP contribution in [-0.4, -0.2) is 47.6 Å². The Labute approximate surface area is 188 Å². The molecule has 0 saturated carbocycles. The quantitative estimate of drug-likeness (QED) is 0.370.